The second kappa shape index (κ2) is 14.7. The van der Waals surface area contributed by atoms with Gasteiger partial charge in [-0.1, -0.05) is 83.9 Å². The van der Waals surface area contributed by atoms with E-state index in [1.807, 2.05) is 0 Å². The standard InChI is InChI=1S/C46H72N2O3/c1-11-12-40(50)51-39-21-23-45(8)37(43(39,5)6)20-22-44(7)35-19-24-46(29-36(49)41(31(2)3)42(46)34(35)17-18-38(44)45)25-26-48(28-27-47(9)10)30-33-15-13-32(4)14-16-33/h13-16,31,34-35,37-39H,11-12,17-30H2,1-10H3. The molecular formula is C46H72N2O3. The van der Waals surface area contributed by atoms with Crippen LogP contribution in [0.1, 0.15) is 137 Å². The zero-order valence-corrected chi connectivity index (χ0v) is 34.2. The fourth-order valence-electron chi connectivity index (χ4n) is 13.3. The van der Waals surface area contributed by atoms with E-state index in [1.165, 1.54) is 55.2 Å². The first-order valence-electron chi connectivity index (χ1n) is 21.0. The Bertz CT molecular complexity index is 1460. The van der Waals surface area contributed by atoms with Crippen molar-refractivity contribution in [2.45, 2.75) is 145 Å². The predicted octanol–water partition coefficient (Wildman–Crippen LogP) is 10.1. The third-order valence-electron chi connectivity index (χ3n) is 15.7. The minimum atomic E-state index is -0.0153. The van der Waals surface area contributed by atoms with E-state index in [9.17, 15) is 9.59 Å². The zero-order chi connectivity index (χ0) is 36.9. The number of fused-ring (bicyclic) bond motifs is 7. The van der Waals surface area contributed by atoms with Gasteiger partial charge in [-0.05, 0) is 143 Å². The molecule has 0 amide bonds. The van der Waals surface area contributed by atoms with E-state index in [4.69, 9.17) is 4.74 Å². The van der Waals surface area contributed by atoms with Crippen LogP contribution in [-0.4, -0.2) is 61.4 Å². The number of rotatable bonds is 12. The summed E-state index contributed by atoms with van der Waals surface area (Å²) in [7, 11) is 4.35. The van der Waals surface area contributed by atoms with Crippen LogP contribution in [0.25, 0.3) is 0 Å². The summed E-state index contributed by atoms with van der Waals surface area (Å²) in [6.07, 6.45) is 12.8. The van der Waals surface area contributed by atoms with Crippen molar-refractivity contribution in [3.63, 3.8) is 0 Å². The van der Waals surface area contributed by atoms with Crippen LogP contribution < -0.4 is 0 Å². The molecule has 8 atom stereocenters. The van der Waals surface area contributed by atoms with Gasteiger partial charge in [0.1, 0.15) is 6.10 Å². The number of aryl methyl sites for hydroxylation is 1. The highest BCUT2D eigenvalue weighted by atomic mass is 16.5. The quantitative estimate of drug-likeness (QED) is 0.203. The summed E-state index contributed by atoms with van der Waals surface area (Å²) in [5.74, 6) is 3.17. The van der Waals surface area contributed by atoms with Gasteiger partial charge in [0.2, 0.25) is 0 Å². The van der Waals surface area contributed by atoms with Gasteiger partial charge in [-0.2, -0.15) is 0 Å². The lowest BCUT2D eigenvalue weighted by molar-refractivity contribution is -0.213. The predicted molar refractivity (Wildman–Crippen MR) is 209 cm³/mol. The molecule has 284 valence electrons. The van der Waals surface area contributed by atoms with E-state index in [1.54, 1.807) is 5.57 Å². The summed E-state index contributed by atoms with van der Waals surface area (Å²) < 4.78 is 6.21. The molecule has 6 rings (SSSR count). The molecule has 51 heavy (non-hydrogen) atoms. The SMILES string of the molecule is CCCC(=O)OC1CCC2(C)C(CCC3(C)C4CCC5(CCN(CCN(C)C)Cc6ccc(C)cc6)CC(=O)C(C(C)C)=C5C4CCC32)C1(C)C. The number of benzene rings is 1. The smallest absolute Gasteiger partial charge is 0.306 e. The average Bonchev–Trinajstić information content (AvgIpc) is 3.37. The van der Waals surface area contributed by atoms with Gasteiger partial charge in [0, 0.05) is 43.3 Å². The van der Waals surface area contributed by atoms with Crippen LogP contribution in [0.5, 0.6) is 0 Å². The number of allylic oxidation sites excluding steroid dienone is 2. The minimum absolute atomic E-state index is 0.0117. The van der Waals surface area contributed by atoms with Crippen LogP contribution in [0.4, 0.5) is 0 Å². The van der Waals surface area contributed by atoms with E-state index in [2.05, 4.69) is 104 Å². The van der Waals surface area contributed by atoms with Crippen LogP contribution in [0, 0.1) is 58.2 Å². The number of esters is 1. The number of likely N-dealkylation sites (N-methyl/N-ethyl adjacent to an activating group) is 1. The van der Waals surface area contributed by atoms with Crippen molar-refractivity contribution in [1.82, 2.24) is 9.80 Å². The molecule has 0 aromatic heterocycles. The normalized spacial score (nSPS) is 35.9. The number of nitrogens with zero attached hydrogens (tertiary/aromatic N) is 2. The van der Waals surface area contributed by atoms with Gasteiger partial charge in [0.25, 0.3) is 0 Å². The zero-order valence-electron chi connectivity index (χ0n) is 34.2. The van der Waals surface area contributed by atoms with E-state index in [0.29, 0.717) is 35.9 Å². The Balaban J connectivity index is 1.26. The maximum absolute atomic E-state index is 14.2. The summed E-state index contributed by atoms with van der Waals surface area (Å²) in [5, 5.41) is 0. The Hall–Kier alpha value is -1.98. The van der Waals surface area contributed by atoms with Crippen LogP contribution in [-0.2, 0) is 20.9 Å². The molecule has 0 N–H and O–H groups in total. The van der Waals surface area contributed by atoms with Crippen molar-refractivity contribution in [3.8, 4) is 0 Å². The van der Waals surface area contributed by atoms with Gasteiger partial charge in [-0.15, -0.1) is 0 Å². The average molecular weight is 701 g/mol. The summed E-state index contributed by atoms with van der Waals surface area (Å²) in [6, 6.07) is 9.07. The molecule has 5 aliphatic carbocycles. The van der Waals surface area contributed by atoms with Gasteiger partial charge < -0.3 is 9.64 Å². The molecular weight excluding hydrogens is 629 g/mol. The maximum Gasteiger partial charge on any atom is 0.306 e. The van der Waals surface area contributed by atoms with Crippen LogP contribution in [0.3, 0.4) is 0 Å². The molecule has 0 saturated heterocycles. The minimum Gasteiger partial charge on any atom is -0.462 e. The van der Waals surface area contributed by atoms with Crippen molar-refractivity contribution >= 4 is 11.8 Å². The van der Waals surface area contributed by atoms with Crippen LogP contribution >= 0.6 is 0 Å². The van der Waals surface area contributed by atoms with E-state index in [-0.39, 0.29) is 39.7 Å². The lowest BCUT2D eigenvalue weighted by Crippen LogP contribution is -2.63. The van der Waals surface area contributed by atoms with Crippen LogP contribution in [0.2, 0.25) is 0 Å². The third kappa shape index (κ3) is 7.06. The fourth-order valence-corrected chi connectivity index (χ4v) is 13.3. The monoisotopic (exact) mass is 701 g/mol. The molecule has 0 heterocycles. The van der Waals surface area contributed by atoms with E-state index >= 15 is 0 Å². The summed E-state index contributed by atoms with van der Waals surface area (Å²) in [4.78, 5) is 31.8. The lowest BCUT2D eigenvalue weighted by Gasteiger charge is -2.69. The van der Waals surface area contributed by atoms with Crippen LogP contribution in [0.15, 0.2) is 35.4 Å². The topological polar surface area (TPSA) is 49.9 Å². The number of Topliss-reactive ketones (excluding diaryl/α,β-unsaturated/α-hetero) is 1. The molecule has 4 saturated carbocycles. The molecule has 0 radical (unpaired) electrons. The molecule has 8 unspecified atom stereocenters. The molecule has 5 aliphatic rings. The number of ketones is 1. The van der Waals surface area contributed by atoms with Crippen molar-refractivity contribution in [3.05, 3.63) is 46.5 Å². The Morgan fingerprint density at radius 2 is 1.59 bits per heavy atom. The number of carbonyl (C=O) groups excluding carboxylic acids is 2. The molecule has 0 aliphatic heterocycles. The van der Waals surface area contributed by atoms with Gasteiger partial charge in [0.15, 0.2) is 5.78 Å². The van der Waals surface area contributed by atoms with Gasteiger partial charge >= 0.3 is 5.97 Å². The first-order chi connectivity index (χ1) is 24.1. The number of hydrogen-bond donors (Lipinski definition) is 0. The Labute approximate surface area is 311 Å². The largest absolute Gasteiger partial charge is 0.462 e. The third-order valence-corrected chi connectivity index (χ3v) is 15.7. The first kappa shape index (κ1) is 38.7. The Kier molecular flexibility index (Phi) is 11.2. The molecule has 4 fully saturated rings. The maximum atomic E-state index is 14.2. The first-order valence-corrected chi connectivity index (χ1v) is 21.0. The molecule has 0 spiro atoms. The number of carbonyl (C=O) groups is 2. The highest BCUT2D eigenvalue weighted by Gasteiger charge is 2.66. The Morgan fingerprint density at radius 1 is 0.882 bits per heavy atom. The second-order valence-corrected chi connectivity index (χ2v) is 19.8. The Morgan fingerprint density at radius 3 is 2.25 bits per heavy atom. The van der Waals surface area contributed by atoms with Crippen molar-refractivity contribution in [1.29, 1.82) is 0 Å². The van der Waals surface area contributed by atoms with Crippen molar-refractivity contribution in [2.24, 2.45) is 51.2 Å². The summed E-state index contributed by atoms with van der Waals surface area (Å²) in [5.41, 5.74) is 6.09. The van der Waals surface area contributed by atoms with E-state index < -0.39 is 0 Å². The fraction of sp³-hybridized carbons (Fsp3) is 0.783. The van der Waals surface area contributed by atoms with Crippen molar-refractivity contribution < 1.29 is 14.3 Å². The van der Waals surface area contributed by atoms with E-state index in [0.717, 1.165) is 58.3 Å². The molecule has 5 nitrogen and oxygen atoms in total. The van der Waals surface area contributed by atoms with Gasteiger partial charge in [0.05, 0.1) is 0 Å². The van der Waals surface area contributed by atoms with Gasteiger partial charge in [-0.25, -0.2) is 0 Å². The highest BCUT2D eigenvalue weighted by Crippen LogP contribution is 2.73. The molecule has 5 heteroatoms. The number of ether oxygens (including phenoxy) is 1. The molecule has 1 aromatic rings. The summed E-state index contributed by atoms with van der Waals surface area (Å²) >= 11 is 0. The number of hydrogen-bond acceptors (Lipinski definition) is 5. The molecule has 1 aromatic carbocycles. The second-order valence-electron chi connectivity index (χ2n) is 19.8. The molecule has 0 bridgehead atoms. The highest BCUT2D eigenvalue weighted by molar-refractivity contribution is 6.00. The van der Waals surface area contributed by atoms with Gasteiger partial charge in [-0.3, -0.25) is 14.5 Å². The van der Waals surface area contributed by atoms with Crippen molar-refractivity contribution in [2.75, 3.05) is 33.7 Å². The summed E-state index contributed by atoms with van der Waals surface area (Å²) in [6.45, 7) is 23.0. The lowest BCUT2D eigenvalue weighted by atomic mass is 9.36.